The van der Waals surface area contributed by atoms with Gasteiger partial charge in [0.05, 0.1) is 11.6 Å². The van der Waals surface area contributed by atoms with Gasteiger partial charge in [-0.05, 0) is 36.2 Å². The summed E-state index contributed by atoms with van der Waals surface area (Å²) in [5.41, 5.74) is 3.53. The minimum atomic E-state index is 0.786. The molecule has 0 saturated carbocycles. The predicted molar refractivity (Wildman–Crippen MR) is 55.8 cm³/mol. The number of nitrogens with zero attached hydrogens (tertiary/aromatic N) is 2. The van der Waals surface area contributed by atoms with Gasteiger partial charge in [0.25, 0.3) is 0 Å². The molecular weight excluding hydrogens is 172 g/mol. The topological polar surface area (TPSA) is 27.0 Å². The van der Waals surface area contributed by atoms with Gasteiger partial charge in [-0.3, -0.25) is 4.90 Å². The fourth-order valence-corrected chi connectivity index (χ4v) is 1.95. The lowest BCUT2D eigenvalue weighted by atomic mass is 9.98. The maximum absolute atomic E-state index is 8.78. The Balaban J connectivity index is 2.29. The molecule has 72 valence electrons. The van der Waals surface area contributed by atoms with Crippen molar-refractivity contribution in [2.75, 3.05) is 13.1 Å². The average Bonchev–Trinajstić information content (AvgIpc) is 2.27. The van der Waals surface area contributed by atoms with Crippen molar-refractivity contribution < 1.29 is 0 Å². The van der Waals surface area contributed by atoms with Crippen LogP contribution in [0.4, 0.5) is 0 Å². The Hall–Kier alpha value is -1.33. The molecule has 0 radical (unpaired) electrons. The molecule has 2 rings (SSSR count). The van der Waals surface area contributed by atoms with Crippen molar-refractivity contribution in [3.8, 4) is 6.07 Å². The molecule has 0 saturated heterocycles. The van der Waals surface area contributed by atoms with Crippen LogP contribution in [0.1, 0.15) is 23.6 Å². The minimum absolute atomic E-state index is 0.786. The highest BCUT2D eigenvalue weighted by molar-refractivity contribution is 5.39. The van der Waals surface area contributed by atoms with Crippen LogP contribution in [0.2, 0.25) is 0 Å². The lowest BCUT2D eigenvalue weighted by Gasteiger charge is -2.27. The van der Waals surface area contributed by atoms with Crippen molar-refractivity contribution in [3.63, 3.8) is 0 Å². The maximum atomic E-state index is 8.78. The largest absolute Gasteiger partial charge is 0.299 e. The summed E-state index contributed by atoms with van der Waals surface area (Å²) in [6, 6.07) is 8.23. The third-order valence-corrected chi connectivity index (χ3v) is 2.87. The third-order valence-electron chi connectivity index (χ3n) is 2.87. The van der Waals surface area contributed by atoms with Crippen LogP contribution in [0.3, 0.4) is 0 Å². The molecule has 2 nitrogen and oxygen atoms in total. The fraction of sp³-hybridized carbons (Fsp3) is 0.417. The number of fused-ring (bicyclic) bond motifs is 1. The monoisotopic (exact) mass is 186 g/mol. The highest BCUT2D eigenvalue weighted by Gasteiger charge is 2.14. The molecule has 14 heavy (non-hydrogen) atoms. The molecule has 0 spiro atoms. The summed E-state index contributed by atoms with van der Waals surface area (Å²) in [5, 5.41) is 8.78. The summed E-state index contributed by atoms with van der Waals surface area (Å²) in [6.45, 7) is 5.46. The Morgan fingerprint density at radius 2 is 2.29 bits per heavy atom. The summed E-state index contributed by atoms with van der Waals surface area (Å²) in [7, 11) is 0. The third kappa shape index (κ3) is 1.64. The number of rotatable bonds is 1. The summed E-state index contributed by atoms with van der Waals surface area (Å²) in [5.74, 6) is 0. The molecule has 0 unspecified atom stereocenters. The maximum Gasteiger partial charge on any atom is 0.0991 e. The lowest BCUT2D eigenvalue weighted by molar-refractivity contribution is 0.268. The van der Waals surface area contributed by atoms with E-state index in [2.05, 4.69) is 24.0 Å². The Kier molecular flexibility index (Phi) is 2.51. The van der Waals surface area contributed by atoms with Crippen LogP contribution in [0, 0.1) is 11.3 Å². The van der Waals surface area contributed by atoms with Gasteiger partial charge in [0.15, 0.2) is 0 Å². The van der Waals surface area contributed by atoms with E-state index in [1.807, 2.05) is 12.1 Å². The van der Waals surface area contributed by atoms with Crippen molar-refractivity contribution in [1.29, 1.82) is 5.26 Å². The van der Waals surface area contributed by atoms with E-state index >= 15 is 0 Å². The molecule has 0 amide bonds. The Morgan fingerprint density at radius 1 is 1.43 bits per heavy atom. The number of nitriles is 1. The molecule has 0 N–H and O–H groups in total. The fourth-order valence-electron chi connectivity index (χ4n) is 1.95. The second-order valence-corrected chi connectivity index (χ2v) is 3.71. The van der Waals surface area contributed by atoms with Crippen LogP contribution in [0.25, 0.3) is 0 Å². The van der Waals surface area contributed by atoms with Gasteiger partial charge in [-0.2, -0.15) is 5.26 Å². The summed E-state index contributed by atoms with van der Waals surface area (Å²) >= 11 is 0. The second-order valence-electron chi connectivity index (χ2n) is 3.71. The smallest absolute Gasteiger partial charge is 0.0991 e. The molecule has 1 aromatic rings. The molecule has 1 aliphatic rings. The molecular formula is C12H14N2. The number of benzene rings is 1. The zero-order chi connectivity index (χ0) is 9.97. The van der Waals surface area contributed by atoms with Crippen LogP contribution in [0.5, 0.6) is 0 Å². The van der Waals surface area contributed by atoms with E-state index in [1.54, 1.807) is 0 Å². The van der Waals surface area contributed by atoms with Crippen molar-refractivity contribution in [2.24, 2.45) is 0 Å². The molecule has 1 aromatic carbocycles. The lowest BCUT2D eigenvalue weighted by Crippen LogP contribution is -2.30. The highest BCUT2D eigenvalue weighted by Crippen LogP contribution is 2.19. The van der Waals surface area contributed by atoms with Crippen molar-refractivity contribution in [1.82, 2.24) is 4.90 Å². The van der Waals surface area contributed by atoms with Crippen LogP contribution >= 0.6 is 0 Å². The van der Waals surface area contributed by atoms with Gasteiger partial charge in [0.2, 0.25) is 0 Å². The number of hydrogen-bond acceptors (Lipinski definition) is 2. The van der Waals surface area contributed by atoms with Crippen LogP contribution in [0.15, 0.2) is 18.2 Å². The zero-order valence-electron chi connectivity index (χ0n) is 8.45. The van der Waals surface area contributed by atoms with Crippen molar-refractivity contribution in [2.45, 2.75) is 19.9 Å². The Labute approximate surface area is 84.8 Å². The SMILES string of the molecule is CCN1CCc2cc(C#N)ccc2C1. The Morgan fingerprint density at radius 3 is 3.00 bits per heavy atom. The van der Waals surface area contributed by atoms with Crippen LogP contribution in [-0.4, -0.2) is 18.0 Å². The minimum Gasteiger partial charge on any atom is -0.299 e. The normalized spacial score (nSPS) is 16.0. The van der Waals surface area contributed by atoms with Gasteiger partial charge in [-0.1, -0.05) is 13.0 Å². The summed E-state index contributed by atoms with van der Waals surface area (Å²) < 4.78 is 0. The quantitative estimate of drug-likeness (QED) is 0.670. The van der Waals surface area contributed by atoms with E-state index in [4.69, 9.17) is 5.26 Å². The van der Waals surface area contributed by atoms with Crippen LogP contribution < -0.4 is 0 Å². The molecule has 0 fully saturated rings. The zero-order valence-corrected chi connectivity index (χ0v) is 8.45. The predicted octanol–water partition coefficient (Wildman–Crippen LogP) is 1.94. The number of likely N-dealkylation sites (N-methyl/N-ethyl adjacent to an activating group) is 1. The van der Waals surface area contributed by atoms with Gasteiger partial charge >= 0.3 is 0 Å². The molecule has 0 atom stereocenters. The van der Waals surface area contributed by atoms with Gasteiger partial charge in [-0.25, -0.2) is 0 Å². The van der Waals surface area contributed by atoms with E-state index in [9.17, 15) is 0 Å². The standard InChI is InChI=1S/C12H14N2/c1-2-14-6-5-11-7-10(8-13)3-4-12(11)9-14/h3-4,7H,2,5-6,9H2,1H3. The number of hydrogen-bond donors (Lipinski definition) is 0. The highest BCUT2D eigenvalue weighted by atomic mass is 15.1. The van der Waals surface area contributed by atoms with Gasteiger partial charge in [-0.15, -0.1) is 0 Å². The Bertz CT molecular complexity index is 376. The van der Waals surface area contributed by atoms with Crippen molar-refractivity contribution >= 4 is 0 Å². The van der Waals surface area contributed by atoms with Gasteiger partial charge < -0.3 is 0 Å². The van der Waals surface area contributed by atoms with Gasteiger partial charge in [0.1, 0.15) is 0 Å². The summed E-state index contributed by atoms with van der Waals surface area (Å²) in [4.78, 5) is 2.42. The first-order chi connectivity index (χ1) is 6.83. The van der Waals surface area contributed by atoms with Gasteiger partial charge in [0, 0.05) is 13.1 Å². The van der Waals surface area contributed by atoms with E-state index < -0.39 is 0 Å². The first kappa shape index (κ1) is 9.23. The van der Waals surface area contributed by atoms with Crippen LogP contribution in [-0.2, 0) is 13.0 Å². The van der Waals surface area contributed by atoms with E-state index in [-0.39, 0.29) is 0 Å². The average molecular weight is 186 g/mol. The molecule has 0 aromatic heterocycles. The molecule has 1 heterocycles. The first-order valence-electron chi connectivity index (χ1n) is 5.07. The summed E-state index contributed by atoms with van der Waals surface area (Å²) in [6.07, 6.45) is 1.08. The first-order valence-corrected chi connectivity index (χ1v) is 5.07. The second kappa shape index (κ2) is 3.81. The van der Waals surface area contributed by atoms with E-state index in [0.717, 1.165) is 31.6 Å². The molecule has 0 aliphatic carbocycles. The molecule has 2 heteroatoms. The van der Waals surface area contributed by atoms with E-state index in [0.29, 0.717) is 0 Å². The van der Waals surface area contributed by atoms with Crippen molar-refractivity contribution in [3.05, 3.63) is 34.9 Å². The molecule has 0 bridgehead atoms. The van der Waals surface area contributed by atoms with E-state index in [1.165, 1.54) is 11.1 Å². The molecule has 1 aliphatic heterocycles.